The van der Waals surface area contributed by atoms with Crippen LogP contribution in [0.3, 0.4) is 0 Å². The van der Waals surface area contributed by atoms with Crippen molar-refractivity contribution in [2.45, 2.75) is 13.1 Å². The van der Waals surface area contributed by atoms with Gasteiger partial charge >= 0.3 is 6.18 Å². The van der Waals surface area contributed by atoms with E-state index in [1.165, 1.54) is 17.5 Å². The average molecular weight is 306 g/mol. The Morgan fingerprint density at radius 3 is 2.00 bits per heavy atom. The Morgan fingerprint density at radius 2 is 1.67 bits per heavy atom. The molecular weight excluding hydrogens is 297 g/mol. The summed E-state index contributed by atoms with van der Waals surface area (Å²) >= 11 is 14.1. The molecule has 0 nitrogen and oxygen atoms in total. The largest absolute Gasteiger partial charge is 0.416 e. The second-order valence-corrected chi connectivity index (χ2v) is 4.78. The van der Waals surface area contributed by atoms with Gasteiger partial charge in [-0.2, -0.15) is 25.8 Å². The molecule has 0 saturated heterocycles. The molecule has 0 atom stereocenters. The van der Waals surface area contributed by atoms with Gasteiger partial charge in [0.05, 0.1) is 10.4 Å². The zero-order valence-electron chi connectivity index (χ0n) is 9.28. The van der Waals surface area contributed by atoms with Gasteiger partial charge in [-0.3, -0.25) is 0 Å². The number of rotatable bonds is 3. The molecule has 0 aromatic heterocycles. The van der Waals surface area contributed by atoms with Crippen molar-refractivity contribution in [1.29, 1.82) is 0 Å². The van der Waals surface area contributed by atoms with Crippen molar-refractivity contribution in [3.8, 4) is 0 Å². The summed E-state index contributed by atoms with van der Waals surface area (Å²) in [5.41, 5.74) is 0.413. The van der Waals surface area contributed by atoms with Gasteiger partial charge < -0.3 is 0 Å². The fourth-order valence-corrected chi connectivity index (χ4v) is 1.94. The number of thiol groups is 1. The highest BCUT2D eigenvalue weighted by atomic mass is 32.1. The van der Waals surface area contributed by atoms with Crippen molar-refractivity contribution in [1.82, 2.24) is 0 Å². The third-order valence-corrected chi connectivity index (χ3v) is 3.33. The number of hydrogen-bond donors (Lipinski definition) is 1. The Kier molecular flexibility index (Phi) is 5.07. The molecule has 1 aromatic rings. The van der Waals surface area contributed by atoms with Crippen LogP contribution in [0.5, 0.6) is 0 Å². The maximum Gasteiger partial charge on any atom is 0.416 e. The van der Waals surface area contributed by atoms with Crippen LogP contribution in [0, 0.1) is 0 Å². The predicted molar refractivity (Wildman–Crippen MR) is 79.3 cm³/mol. The molecule has 18 heavy (non-hydrogen) atoms. The van der Waals surface area contributed by atoms with E-state index in [4.69, 9.17) is 24.4 Å². The molecule has 0 amide bonds. The first-order valence-corrected chi connectivity index (χ1v) is 6.18. The molecule has 0 aliphatic rings. The Labute approximate surface area is 119 Å². The van der Waals surface area contributed by atoms with E-state index in [1.54, 1.807) is 6.92 Å². The van der Waals surface area contributed by atoms with Crippen molar-refractivity contribution in [2.75, 3.05) is 0 Å². The summed E-state index contributed by atoms with van der Waals surface area (Å²) in [5.74, 6) is 0. The molecule has 1 aromatic carbocycles. The van der Waals surface area contributed by atoms with Gasteiger partial charge in [0.25, 0.3) is 0 Å². The van der Waals surface area contributed by atoms with Crippen LogP contribution >= 0.6 is 37.1 Å². The second-order valence-electron chi connectivity index (χ2n) is 3.50. The Morgan fingerprint density at radius 1 is 1.17 bits per heavy atom. The summed E-state index contributed by atoms with van der Waals surface area (Å²) in [6.07, 6.45) is -4.34. The SMILES string of the molecule is CC(=S)C(=S)C(=CS)c1ccc(C(F)(F)F)cc1. The summed E-state index contributed by atoms with van der Waals surface area (Å²) < 4.78 is 37.2. The standard InChI is InChI=1S/C12H9F3S3/c1-7(17)11(18)10(6-16)8-2-4-9(5-3-8)12(13,14)15/h2-6,16H,1H3. The van der Waals surface area contributed by atoms with E-state index in [-0.39, 0.29) is 0 Å². The average Bonchev–Trinajstić information content (AvgIpc) is 2.29. The molecule has 0 aliphatic heterocycles. The molecule has 0 spiro atoms. The molecule has 0 bridgehead atoms. The number of allylic oxidation sites excluding steroid dienone is 1. The summed E-state index contributed by atoms with van der Waals surface area (Å²) in [6.45, 7) is 1.67. The maximum absolute atomic E-state index is 12.4. The van der Waals surface area contributed by atoms with Crippen LogP contribution < -0.4 is 0 Å². The van der Waals surface area contributed by atoms with Crippen LogP contribution in [-0.4, -0.2) is 9.73 Å². The first-order chi connectivity index (χ1) is 8.27. The van der Waals surface area contributed by atoms with Crippen LogP contribution in [-0.2, 0) is 6.18 Å². The van der Waals surface area contributed by atoms with E-state index in [2.05, 4.69) is 12.6 Å². The van der Waals surface area contributed by atoms with Gasteiger partial charge in [-0.15, -0.1) is 0 Å². The Hall–Kier alpha value is -0.720. The van der Waals surface area contributed by atoms with Crippen LogP contribution in [0.2, 0.25) is 0 Å². The predicted octanol–water partition coefficient (Wildman–Crippen LogP) is 4.74. The van der Waals surface area contributed by atoms with Gasteiger partial charge in [-0.1, -0.05) is 36.6 Å². The van der Waals surface area contributed by atoms with E-state index in [0.717, 1.165) is 12.1 Å². The fourth-order valence-electron chi connectivity index (χ4n) is 1.29. The van der Waals surface area contributed by atoms with Gasteiger partial charge in [-0.25, -0.2) is 0 Å². The smallest absolute Gasteiger partial charge is 0.166 e. The first kappa shape index (κ1) is 15.3. The highest BCUT2D eigenvalue weighted by Gasteiger charge is 2.30. The Balaban J connectivity index is 3.12. The van der Waals surface area contributed by atoms with Crippen molar-refractivity contribution < 1.29 is 13.2 Å². The molecule has 96 valence electrons. The third-order valence-electron chi connectivity index (χ3n) is 2.22. The van der Waals surface area contributed by atoms with Crippen LogP contribution in [0.15, 0.2) is 29.7 Å². The second kappa shape index (κ2) is 5.95. The van der Waals surface area contributed by atoms with E-state index in [1.807, 2.05) is 0 Å². The molecule has 0 saturated carbocycles. The minimum absolute atomic E-state index is 0.416. The summed E-state index contributed by atoms with van der Waals surface area (Å²) in [5, 5.41) is 1.45. The topological polar surface area (TPSA) is 0 Å². The van der Waals surface area contributed by atoms with E-state index >= 15 is 0 Å². The lowest BCUT2D eigenvalue weighted by atomic mass is 10.0. The van der Waals surface area contributed by atoms with Crippen molar-refractivity contribution >= 4 is 52.4 Å². The van der Waals surface area contributed by atoms with Gasteiger partial charge in [0.1, 0.15) is 0 Å². The van der Waals surface area contributed by atoms with E-state index in [9.17, 15) is 13.2 Å². The summed E-state index contributed by atoms with van der Waals surface area (Å²) in [4.78, 5) is 0.921. The van der Waals surface area contributed by atoms with Gasteiger partial charge in [0.15, 0.2) is 0 Å². The molecule has 0 fully saturated rings. The lowest BCUT2D eigenvalue weighted by Crippen LogP contribution is -2.08. The summed E-state index contributed by atoms with van der Waals surface area (Å²) in [6, 6.07) is 4.73. The molecule has 0 aliphatic carbocycles. The lowest BCUT2D eigenvalue weighted by molar-refractivity contribution is -0.137. The molecular formula is C12H9F3S3. The first-order valence-electron chi connectivity index (χ1n) is 4.84. The number of thiocarbonyl (C=S) groups is 2. The lowest BCUT2D eigenvalue weighted by Gasteiger charge is -2.10. The zero-order valence-corrected chi connectivity index (χ0v) is 11.8. The highest BCUT2D eigenvalue weighted by molar-refractivity contribution is 7.90. The van der Waals surface area contributed by atoms with Gasteiger partial charge in [0, 0.05) is 10.4 Å². The monoisotopic (exact) mass is 306 g/mol. The molecule has 6 heteroatoms. The zero-order chi connectivity index (χ0) is 13.9. The maximum atomic E-state index is 12.4. The quantitative estimate of drug-likeness (QED) is 0.487. The van der Waals surface area contributed by atoms with Gasteiger partial charge in [0.2, 0.25) is 0 Å². The van der Waals surface area contributed by atoms with Crippen molar-refractivity contribution in [3.05, 3.63) is 40.8 Å². The molecule has 0 heterocycles. The Bertz CT molecular complexity index is 498. The number of hydrogen-bond acceptors (Lipinski definition) is 3. The highest BCUT2D eigenvalue weighted by Crippen LogP contribution is 2.30. The minimum atomic E-state index is -4.34. The van der Waals surface area contributed by atoms with Crippen LogP contribution in [0.4, 0.5) is 13.2 Å². The third kappa shape index (κ3) is 3.63. The van der Waals surface area contributed by atoms with Crippen LogP contribution in [0.1, 0.15) is 18.1 Å². The van der Waals surface area contributed by atoms with E-state index < -0.39 is 11.7 Å². The number of benzene rings is 1. The normalized spacial score (nSPS) is 12.4. The minimum Gasteiger partial charge on any atom is -0.166 e. The van der Waals surface area contributed by atoms with E-state index in [0.29, 0.717) is 20.9 Å². The molecule has 0 N–H and O–H groups in total. The van der Waals surface area contributed by atoms with Crippen LogP contribution in [0.25, 0.3) is 5.57 Å². The van der Waals surface area contributed by atoms with Gasteiger partial charge in [-0.05, 0) is 30.0 Å². The number of alkyl halides is 3. The molecule has 0 radical (unpaired) electrons. The fraction of sp³-hybridized carbons (Fsp3) is 0.167. The van der Waals surface area contributed by atoms with Crippen molar-refractivity contribution in [3.63, 3.8) is 0 Å². The summed E-state index contributed by atoms with van der Waals surface area (Å²) in [7, 11) is 0. The molecule has 1 rings (SSSR count). The molecule has 0 unspecified atom stereocenters. The van der Waals surface area contributed by atoms with Crippen molar-refractivity contribution in [2.24, 2.45) is 0 Å². The number of halogens is 3.